The Balaban J connectivity index is 1.96. The Kier molecular flexibility index (Phi) is 3.40. The molecule has 0 radical (unpaired) electrons. The fraction of sp³-hybridized carbons (Fsp3) is 0. The van der Waals surface area contributed by atoms with Crippen LogP contribution in [0.25, 0.3) is 10.8 Å². The van der Waals surface area contributed by atoms with Crippen LogP contribution in [0.4, 0.5) is 5.82 Å². The Labute approximate surface area is 124 Å². The molecule has 8 nitrogen and oxygen atoms in total. The van der Waals surface area contributed by atoms with E-state index in [1.54, 1.807) is 6.07 Å². The van der Waals surface area contributed by atoms with Gasteiger partial charge < -0.3 is 16.6 Å². The summed E-state index contributed by atoms with van der Waals surface area (Å²) in [5, 5.41) is 26.4. The van der Waals surface area contributed by atoms with Crippen LogP contribution >= 0.6 is 0 Å². The normalized spacial score (nSPS) is 12.3. The fourth-order valence-electron chi connectivity index (χ4n) is 1.99. The second kappa shape index (κ2) is 5.52. The lowest BCUT2D eigenvalue weighted by molar-refractivity contribution is 0.308. The van der Waals surface area contributed by atoms with E-state index in [1.807, 2.05) is 30.3 Å². The molecule has 22 heavy (non-hydrogen) atoms. The number of aromatic hydroxyl groups is 1. The number of nitrogens with zero attached hydrogens (tertiary/aromatic N) is 4. The Morgan fingerprint density at radius 1 is 1.18 bits per heavy atom. The summed E-state index contributed by atoms with van der Waals surface area (Å²) in [6.45, 7) is 0. The molecule has 0 aliphatic heterocycles. The third-order valence-corrected chi connectivity index (χ3v) is 3.06. The van der Waals surface area contributed by atoms with Gasteiger partial charge in [-0.15, -0.1) is 5.10 Å². The number of hydrogen-bond donors (Lipinski definition) is 3. The summed E-state index contributed by atoms with van der Waals surface area (Å²) in [4.78, 5) is 0. The van der Waals surface area contributed by atoms with E-state index in [1.165, 1.54) is 6.21 Å². The fourth-order valence-corrected chi connectivity index (χ4v) is 1.99. The number of phenols is 1. The highest BCUT2D eigenvalue weighted by molar-refractivity contribution is 6.03. The minimum absolute atomic E-state index is 0.0319. The summed E-state index contributed by atoms with van der Waals surface area (Å²) in [5.41, 5.74) is 11.9. The van der Waals surface area contributed by atoms with E-state index in [0.717, 1.165) is 10.8 Å². The van der Waals surface area contributed by atoms with Gasteiger partial charge in [-0.05, 0) is 27.2 Å². The van der Waals surface area contributed by atoms with Gasteiger partial charge in [0.05, 0.1) is 6.21 Å². The van der Waals surface area contributed by atoms with Gasteiger partial charge in [0, 0.05) is 5.56 Å². The van der Waals surface area contributed by atoms with E-state index in [4.69, 9.17) is 11.5 Å². The van der Waals surface area contributed by atoms with Crippen LogP contribution in [0.15, 0.2) is 51.2 Å². The zero-order valence-electron chi connectivity index (χ0n) is 11.3. The predicted octanol–water partition coefficient (Wildman–Crippen LogP) is 1.25. The smallest absolute Gasteiger partial charge is 0.199 e. The van der Waals surface area contributed by atoms with Gasteiger partial charge in [-0.25, -0.2) is 4.63 Å². The van der Waals surface area contributed by atoms with E-state index < -0.39 is 0 Å². The maximum atomic E-state index is 9.97. The average Bonchev–Trinajstić information content (AvgIpc) is 2.95. The van der Waals surface area contributed by atoms with Crippen molar-refractivity contribution in [3.8, 4) is 5.75 Å². The maximum Gasteiger partial charge on any atom is 0.199 e. The molecule has 2 aromatic carbocycles. The first-order chi connectivity index (χ1) is 10.7. The van der Waals surface area contributed by atoms with Gasteiger partial charge in [0.2, 0.25) is 0 Å². The van der Waals surface area contributed by atoms with Gasteiger partial charge in [0.15, 0.2) is 17.3 Å². The van der Waals surface area contributed by atoms with E-state index in [9.17, 15) is 5.11 Å². The largest absolute Gasteiger partial charge is 0.507 e. The van der Waals surface area contributed by atoms with Crippen LogP contribution in [0.1, 0.15) is 11.3 Å². The van der Waals surface area contributed by atoms with Gasteiger partial charge in [0.25, 0.3) is 0 Å². The third-order valence-electron chi connectivity index (χ3n) is 3.06. The molecule has 0 amide bonds. The zero-order chi connectivity index (χ0) is 15.5. The minimum atomic E-state index is -0.0327. The molecule has 5 N–H and O–H groups in total. The van der Waals surface area contributed by atoms with Crippen LogP contribution in [0.2, 0.25) is 0 Å². The lowest BCUT2D eigenvalue weighted by Gasteiger charge is -2.03. The number of nitrogens with two attached hydrogens (primary N) is 2. The summed E-state index contributed by atoms with van der Waals surface area (Å²) in [5.74, 6) is 0.0954. The second-order valence-electron chi connectivity index (χ2n) is 4.45. The molecular formula is C14H12N6O2. The van der Waals surface area contributed by atoms with Gasteiger partial charge in [-0.3, -0.25) is 0 Å². The van der Waals surface area contributed by atoms with Crippen molar-refractivity contribution < 1.29 is 9.74 Å². The van der Waals surface area contributed by atoms with Gasteiger partial charge in [0.1, 0.15) is 5.75 Å². The lowest BCUT2D eigenvalue weighted by atomic mass is 10.0. The van der Waals surface area contributed by atoms with E-state index >= 15 is 0 Å². The summed E-state index contributed by atoms with van der Waals surface area (Å²) >= 11 is 0. The molecule has 0 aliphatic carbocycles. The van der Waals surface area contributed by atoms with Crippen LogP contribution in [-0.4, -0.2) is 27.5 Å². The first kappa shape index (κ1) is 13.6. The van der Waals surface area contributed by atoms with Crippen molar-refractivity contribution in [3.63, 3.8) is 0 Å². The van der Waals surface area contributed by atoms with Gasteiger partial charge in [-0.1, -0.05) is 30.3 Å². The van der Waals surface area contributed by atoms with Gasteiger partial charge in [-0.2, -0.15) is 5.10 Å². The van der Waals surface area contributed by atoms with E-state index in [2.05, 4.69) is 25.1 Å². The number of rotatable bonds is 3. The van der Waals surface area contributed by atoms with Gasteiger partial charge >= 0.3 is 0 Å². The SMILES string of the molecule is N/C(=N\N=C\c1c(O)ccc2ccccc12)c1nonc1N. The molecule has 0 saturated carbocycles. The molecule has 0 bridgehead atoms. The highest BCUT2D eigenvalue weighted by Gasteiger charge is 2.10. The number of benzene rings is 2. The molecule has 1 heterocycles. The van der Waals surface area contributed by atoms with Crippen LogP contribution in [0.5, 0.6) is 5.75 Å². The summed E-state index contributed by atoms with van der Waals surface area (Å²) in [7, 11) is 0. The molecule has 0 atom stereocenters. The van der Waals surface area contributed by atoms with Crippen LogP contribution in [-0.2, 0) is 0 Å². The zero-order valence-corrected chi connectivity index (χ0v) is 11.3. The molecule has 110 valence electrons. The molecule has 0 spiro atoms. The molecule has 0 aliphatic rings. The van der Waals surface area contributed by atoms with Crippen LogP contribution in [0.3, 0.4) is 0 Å². The van der Waals surface area contributed by atoms with Crippen LogP contribution in [0, 0.1) is 0 Å². The van der Waals surface area contributed by atoms with Crippen molar-refractivity contribution in [2.75, 3.05) is 5.73 Å². The molecule has 0 fully saturated rings. The van der Waals surface area contributed by atoms with Crippen molar-refractivity contribution in [1.29, 1.82) is 0 Å². The number of hydrogen-bond acceptors (Lipinski definition) is 7. The number of nitrogen functional groups attached to an aromatic ring is 1. The summed E-state index contributed by atoms with van der Waals surface area (Å²) < 4.78 is 4.43. The maximum absolute atomic E-state index is 9.97. The van der Waals surface area contributed by atoms with Crippen molar-refractivity contribution in [1.82, 2.24) is 10.3 Å². The highest BCUT2D eigenvalue weighted by Crippen LogP contribution is 2.25. The molecule has 3 rings (SSSR count). The van der Waals surface area contributed by atoms with Crippen molar-refractivity contribution >= 4 is 28.6 Å². The Bertz CT molecular complexity index is 884. The molecule has 1 aromatic heterocycles. The Hall–Kier alpha value is -3.42. The summed E-state index contributed by atoms with van der Waals surface area (Å²) in [6.07, 6.45) is 1.41. The topological polar surface area (TPSA) is 136 Å². The monoisotopic (exact) mass is 296 g/mol. The Morgan fingerprint density at radius 2 is 2.00 bits per heavy atom. The standard InChI is InChI=1S/C14H12N6O2/c15-13(12-14(16)20-22-19-12)18-17-7-10-9-4-2-1-3-8(9)5-6-11(10)21/h1-7,21H,(H2,15,18)(H2,16,20)/b17-7+. The molecule has 8 heteroatoms. The van der Waals surface area contributed by atoms with Crippen LogP contribution < -0.4 is 11.5 Å². The molecule has 0 saturated heterocycles. The first-order valence-corrected chi connectivity index (χ1v) is 6.32. The summed E-state index contributed by atoms with van der Waals surface area (Å²) in [6, 6.07) is 11.0. The van der Waals surface area contributed by atoms with Crippen molar-refractivity contribution in [2.24, 2.45) is 15.9 Å². The lowest BCUT2D eigenvalue weighted by Crippen LogP contribution is -2.15. The number of aromatic nitrogens is 2. The minimum Gasteiger partial charge on any atom is -0.507 e. The second-order valence-corrected chi connectivity index (χ2v) is 4.45. The molecular weight excluding hydrogens is 284 g/mol. The third kappa shape index (κ3) is 2.44. The number of anilines is 1. The van der Waals surface area contributed by atoms with E-state index in [-0.39, 0.29) is 23.1 Å². The van der Waals surface area contributed by atoms with Crippen molar-refractivity contribution in [3.05, 3.63) is 47.7 Å². The molecule has 0 unspecified atom stereocenters. The number of fused-ring (bicyclic) bond motifs is 1. The highest BCUT2D eigenvalue weighted by atomic mass is 16.6. The predicted molar refractivity (Wildman–Crippen MR) is 82.6 cm³/mol. The van der Waals surface area contributed by atoms with Crippen molar-refractivity contribution in [2.45, 2.75) is 0 Å². The quantitative estimate of drug-likeness (QED) is 0.378. The number of amidine groups is 1. The van der Waals surface area contributed by atoms with E-state index in [0.29, 0.717) is 5.56 Å². The first-order valence-electron chi connectivity index (χ1n) is 6.32. The number of phenolic OH excluding ortho intramolecular Hbond substituents is 1. The average molecular weight is 296 g/mol. The Morgan fingerprint density at radius 3 is 2.77 bits per heavy atom. The molecule has 3 aromatic rings.